The molecule has 17 heavy (non-hydrogen) atoms. The van der Waals surface area contributed by atoms with Gasteiger partial charge in [-0.1, -0.05) is 0 Å². The maximum Gasteiger partial charge on any atom is 0.332 e. The molecular formula is C8H15NO7S. The Hall–Kier alpha value is -1.19. The molecule has 0 aliphatic heterocycles. The van der Waals surface area contributed by atoms with Crippen LogP contribution in [0, 0.1) is 0 Å². The molecule has 0 saturated heterocycles. The number of sulfonamides is 1. The average Bonchev–Trinajstić information content (AvgIpc) is 2.25. The second kappa shape index (κ2) is 7.20. The van der Waals surface area contributed by atoms with Crippen LogP contribution < -0.4 is 4.72 Å². The Labute approximate surface area is 98.6 Å². The fourth-order valence-corrected chi connectivity index (χ4v) is 1.88. The van der Waals surface area contributed by atoms with Gasteiger partial charge in [-0.2, -0.15) is 0 Å². The molecule has 0 spiro atoms. The zero-order valence-corrected chi connectivity index (χ0v) is 10.1. The van der Waals surface area contributed by atoms with Gasteiger partial charge in [0.05, 0.1) is 19.3 Å². The largest absolute Gasteiger partial charge is 0.479 e. The van der Waals surface area contributed by atoms with Gasteiger partial charge in [-0.25, -0.2) is 17.9 Å². The summed E-state index contributed by atoms with van der Waals surface area (Å²) in [5.74, 6) is -2.51. The van der Waals surface area contributed by atoms with Crippen molar-refractivity contribution < 1.29 is 33.0 Å². The van der Waals surface area contributed by atoms with Crippen LogP contribution in [0.5, 0.6) is 0 Å². The van der Waals surface area contributed by atoms with Crippen LogP contribution in [-0.4, -0.2) is 56.1 Å². The van der Waals surface area contributed by atoms with Crippen LogP contribution in [0.15, 0.2) is 0 Å². The summed E-state index contributed by atoms with van der Waals surface area (Å²) in [6.07, 6.45) is -2.14. The third-order valence-corrected chi connectivity index (χ3v) is 3.21. The highest BCUT2D eigenvalue weighted by Crippen LogP contribution is 1.94. The number of methoxy groups -OCH3 is 1. The first kappa shape index (κ1) is 15.8. The fourth-order valence-electron chi connectivity index (χ4n) is 0.867. The topological polar surface area (TPSA) is 130 Å². The number of esters is 1. The number of nitrogens with one attached hydrogen (secondary N) is 1. The molecule has 0 saturated carbocycles. The molecule has 0 aliphatic carbocycles. The molecule has 8 nitrogen and oxygen atoms in total. The molecule has 0 bridgehead atoms. The monoisotopic (exact) mass is 269 g/mol. The molecule has 0 aromatic heterocycles. The summed E-state index contributed by atoms with van der Waals surface area (Å²) in [6.45, 7) is -0.211. The van der Waals surface area contributed by atoms with Gasteiger partial charge in [-0.3, -0.25) is 4.79 Å². The summed E-state index contributed by atoms with van der Waals surface area (Å²) in [7, 11) is -2.52. The number of hydrogen-bond donors (Lipinski definition) is 3. The maximum absolute atomic E-state index is 11.3. The first-order valence-corrected chi connectivity index (χ1v) is 6.38. The quantitative estimate of drug-likeness (QED) is 0.448. The minimum absolute atomic E-state index is 0.211. The summed E-state index contributed by atoms with van der Waals surface area (Å²) < 4.78 is 28.8. The van der Waals surface area contributed by atoms with Crippen LogP contribution >= 0.6 is 0 Å². The van der Waals surface area contributed by atoms with E-state index in [1.807, 2.05) is 0 Å². The number of carbonyl (C=O) groups excluding carboxylic acids is 1. The van der Waals surface area contributed by atoms with E-state index in [0.29, 0.717) is 0 Å². The molecule has 0 amide bonds. The number of aliphatic carboxylic acids is 1. The molecule has 9 heteroatoms. The Morgan fingerprint density at radius 3 is 2.47 bits per heavy atom. The van der Waals surface area contributed by atoms with Gasteiger partial charge < -0.3 is 14.9 Å². The smallest absolute Gasteiger partial charge is 0.332 e. The third-order valence-electron chi connectivity index (χ3n) is 1.83. The van der Waals surface area contributed by atoms with Crippen molar-refractivity contribution in [1.82, 2.24) is 4.72 Å². The van der Waals surface area contributed by atoms with Gasteiger partial charge in [0, 0.05) is 6.54 Å². The minimum atomic E-state index is -3.66. The van der Waals surface area contributed by atoms with E-state index in [1.165, 1.54) is 0 Å². The number of aliphatic hydroxyl groups excluding tert-OH is 1. The molecule has 3 N–H and O–H groups in total. The second-order valence-corrected chi connectivity index (χ2v) is 5.11. The summed E-state index contributed by atoms with van der Waals surface area (Å²) in [5.41, 5.74) is 0. The standard InChI is InChI=1S/C8H15NO7S/c1-16-7(11)3-5-17(14,15)9-4-2-6(10)8(12)13/h6,9-10H,2-5H2,1H3,(H,12,13). The van der Waals surface area contributed by atoms with Crippen LogP contribution in [-0.2, 0) is 24.3 Å². The molecule has 100 valence electrons. The van der Waals surface area contributed by atoms with Crippen molar-refractivity contribution in [2.75, 3.05) is 19.4 Å². The third kappa shape index (κ3) is 7.66. The Morgan fingerprint density at radius 1 is 1.41 bits per heavy atom. The second-order valence-electron chi connectivity index (χ2n) is 3.18. The Kier molecular flexibility index (Phi) is 6.69. The SMILES string of the molecule is COC(=O)CCS(=O)(=O)NCCC(O)C(=O)O. The van der Waals surface area contributed by atoms with E-state index in [4.69, 9.17) is 10.2 Å². The van der Waals surface area contributed by atoms with Gasteiger partial charge in [0.1, 0.15) is 0 Å². The first-order chi connectivity index (χ1) is 7.78. The molecule has 0 aliphatic rings. The lowest BCUT2D eigenvalue weighted by Gasteiger charge is -2.07. The number of carboxylic acid groups (broad SMARTS) is 1. The van der Waals surface area contributed by atoms with Crippen molar-refractivity contribution in [2.45, 2.75) is 18.9 Å². The molecule has 0 radical (unpaired) electrons. The van der Waals surface area contributed by atoms with E-state index in [1.54, 1.807) is 0 Å². The lowest BCUT2D eigenvalue weighted by atomic mass is 10.3. The molecule has 0 fully saturated rings. The van der Waals surface area contributed by atoms with Gasteiger partial charge in [-0.15, -0.1) is 0 Å². The van der Waals surface area contributed by atoms with Crippen LogP contribution in [0.25, 0.3) is 0 Å². The van der Waals surface area contributed by atoms with Gasteiger partial charge >= 0.3 is 11.9 Å². The van der Waals surface area contributed by atoms with E-state index in [9.17, 15) is 18.0 Å². The summed E-state index contributed by atoms with van der Waals surface area (Å²) >= 11 is 0. The summed E-state index contributed by atoms with van der Waals surface area (Å²) in [5, 5.41) is 17.2. The Morgan fingerprint density at radius 2 is 2.00 bits per heavy atom. The predicted molar refractivity (Wildman–Crippen MR) is 56.7 cm³/mol. The van der Waals surface area contributed by atoms with E-state index in [0.717, 1.165) is 7.11 Å². The van der Waals surface area contributed by atoms with Crippen molar-refractivity contribution in [3.8, 4) is 0 Å². The first-order valence-electron chi connectivity index (χ1n) is 4.73. The maximum atomic E-state index is 11.3. The average molecular weight is 269 g/mol. The predicted octanol–water partition coefficient (Wildman–Crippen LogP) is -1.70. The number of rotatable bonds is 8. The molecule has 1 atom stereocenters. The van der Waals surface area contributed by atoms with Crippen LogP contribution in [0.4, 0.5) is 0 Å². The molecule has 0 rings (SSSR count). The van der Waals surface area contributed by atoms with Crippen molar-refractivity contribution >= 4 is 22.0 Å². The summed E-state index contributed by atoms with van der Waals surface area (Å²) in [6, 6.07) is 0. The van der Waals surface area contributed by atoms with Crippen molar-refractivity contribution in [3.63, 3.8) is 0 Å². The summed E-state index contributed by atoms with van der Waals surface area (Å²) in [4.78, 5) is 20.9. The van der Waals surface area contributed by atoms with Crippen LogP contribution in [0.2, 0.25) is 0 Å². The highest BCUT2D eigenvalue weighted by atomic mass is 32.2. The van der Waals surface area contributed by atoms with E-state index in [2.05, 4.69) is 9.46 Å². The van der Waals surface area contributed by atoms with Gasteiger partial charge in [-0.05, 0) is 6.42 Å². The zero-order valence-electron chi connectivity index (χ0n) is 9.25. The number of carbonyl (C=O) groups is 2. The molecule has 0 aromatic rings. The highest BCUT2D eigenvalue weighted by Gasteiger charge is 2.16. The van der Waals surface area contributed by atoms with E-state index < -0.39 is 33.8 Å². The molecule has 0 aromatic carbocycles. The van der Waals surface area contributed by atoms with Crippen LogP contribution in [0.3, 0.4) is 0 Å². The zero-order chi connectivity index (χ0) is 13.5. The number of ether oxygens (including phenoxy) is 1. The normalized spacial score (nSPS) is 13.1. The number of carboxylic acids is 1. The van der Waals surface area contributed by atoms with Gasteiger partial charge in [0.15, 0.2) is 6.10 Å². The van der Waals surface area contributed by atoms with Gasteiger partial charge in [0.25, 0.3) is 0 Å². The van der Waals surface area contributed by atoms with E-state index >= 15 is 0 Å². The Balaban J connectivity index is 3.94. The lowest BCUT2D eigenvalue weighted by Crippen LogP contribution is -2.32. The van der Waals surface area contributed by atoms with E-state index in [-0.39, 0.29) is 19.4 Å². The highest BCUT2D eigenvalue weighted by molar-refractivity contribution is 7.89. The Bertz CT molecular complexity index is 364. The molecular weight excluding hydrogens is 254 g/mol. The molecule has 0 heterocycles. The van der Waals surface area contributed by atoms with Crippen molar-refractivity contribution in [2.24, 2.45) is 0 Å². The fraction of sp³-hybridized carbons (Fsp3) is 0.750. The van der Waals surface area contributed by atoms with Crippen molar-refractivity contribution in [3.05, 3.63) is 0 Å². The number of aliphatic hydroxyl groups is 1. The molecule has 1 unspecified atom stereocenters. The van der Waals surface area contributed by atoms with Crippen molar-refractivity contribution in [1.29, 1.82) is 0 Å². The van der Waals surface area contributed by atoms with Gasteiger partial charge in [0.2, 0.25) is 10.0 Å². The minimum Gasteiger partial charge on any atom is -0.479 e. The lowest BCUT2D eigenvalue weighted by molar-refractivity contribution is -0.146. The number of hydrogen-bond acceptors (Lipinski definition) is 6. The van der Waals surface area contributed by atoms with Crippen LogP contribution in [0.1, 0.15) is 12.8 Å².